The van der Waals surface area contributed by atoms with Crippen molar-refractivity contribution in [2.75, 3.05) is 19.8 Å². The Kier molecular flexibility index (Phi) is 11.5. The highest BCUT2D eigenvalue weighted by Gasteiger charge is 2.71. The summed E-state index contributed by atoms with van der Waals surface area (Å²) in [5.41, 5.74) is -1.46. The number of aliphatic hydroxyl groups excluding tert-OH is 9. The molecule has 2 saturated heterocycles. The molecule has 0 bridgehead atoms. The van der Waals surface area contributed by atoms with Gasteiger partial charge >= 0.3 is 5.97 Å². The molecule has 0 spiro atoms. The highest BCUT2D eigenvalue weighted by molar-refractivity contribution is 5.76. The Labute approximate surface area is 335 Å². The largest absolute Gasteiger partial charge is 0.481 e. The molecule has 7 aliphatic rings. The van der Waals surface area contributed by atoms with Crippen molar-refractivity contribution in [2.24, 2.45) is 50.2 Å². The lowest BCUT2D eigenvalue weighted by Crippen LogP contribution is -2.70. The van der Waals surface area contributed by atoms with E-state index in [9.17, 15) is 55.9 Å². The zero-order valence-electron chi connectivity index (χ0n) is 34.2. The Bertz CT molecular complexity index is 1540. The van der Waals surface area contributed by atoms with Crippen LogP contribution in [0.2, 0.25) is 0 Å². The maximum absolute atomic E-state index is 13.1. The summed E-state index contributed by atoms with van der Waals surface area (Å²) in [6.07, 6.45) is -9.90. The number of rotatable bonds is 8. The number of hydrogen-bond acceptors (Lipinski definition) is 14. The molecule has 2 heterocycles. The first kappa shape index (κ1) is 43.8. The third-order valence-electron chi connectivity index (χ3n) is 17.4. The van der Waals surface area contributed by atoms with Crippen molar-refractivity contribution < 1.29 is 74.8 Å². The van der Waals surface area contributed by atoms with Crippen molar-refractivity contribution in [2.45, 2.75) is 173 Å². The van der Waals surface area contributed by atoms with Gasteiger partial charge in [-0.15, -0.1) is 0 Å². The van der Waals surface area contributed by atoms with E-state index >= 15 is 0 Å². The van der Waals surface area contributed by atoms with Gasteiger partial charge in [-0.2, -0.15) is 0 Å². The van der Waals surface area contributed by atoms with Crippen molar-refractivity contribution in [1.29, 1.82) is 0 Å². The summed E-state index contributed by atoms with van der Waals surface area (Å²) in [6, 6.07) is 0. The van der Waals surface area contributed by atoms with E-state index in [4.69, 9.17) is 18.9 Å². The van der Waals surface area contributed by atoms with Gasteiger partial charge in [0.25, 0.3) is 0 Å². The first-order valence-corrected chi connectivity index (χ1v) is 21.1. The van der Waals surface area contributed by atoms with Crippen molar-refractivity contribution in [1.82, 2.24) is 0 Å². The van der Waals surface area contributed by atoms with Crippen molar-refractivity contribution >= 4 is 5.97 Å². The Hall–Kier alpha value is -1.31. The molecule has 0 radical (unpaired) electrons. The quantitative estimate of drug-likeness (QED) is 0.120. The number of hydrogen-bond donors (Lipinski definition) is 10. The molecule has 15 nitrogen and oxygen atoms in total. The number of carbonyl (C=O) groups is 1. The fourth-order valence-corrected chi connectivity index (χ4v) is 13.8. The minimum Gasteiger partial charge on any atom is -0.481 e. The molecule has 2 aliphatic heterocycles. The molecular weight excluding hydrogens is 744 g/mol. The molecule has 0 unspecified atom stereocenters. The smallest absolute Gasteiger partial charge is 0.310 e. The van der Waals surface area contributed by atoms with Crippen LogP contribution in [0.1, 0.15) is 99.3 Å². The standard InChI is InChI=1S/C42H68O15/c1-37(2)11-13-42(36(52)53)14-12-40(5)20(21(42)15-37)7-8-26-38(3)16-22(46)33(39(4,19-45)25(38)9-10-41(26,40)6)57-35-31(51)32(28(48)24(18-44)55-35)56-34-30(50)29(49)27(47)23(17-43)54-34/h7,21-35,43-51H,8-19H2,1-6H3,(H,52,53)/t21-,22-,23+,24+,25+,26+,27+,28-,29-,30+,31+,32-,33-,34-,35-,38-,39-,40+,41+,42-/m0/s1. The van der Waals surface area contributed by atoms with Crippen molar-refractivity contribution in [3.63, 3.8) is 0 Å². The summed E-state index contributed by atoms with van der Waals surface area (Å²) in [4.78, 5) is 13.1. The Morgan fingerprint density at radius 2 is 1.35 bits per heavy atom. The highest BCUT2D eigenvalue weighted by Crippen LogP contribution is 2.76. The minimum absolute atomic E-state index is 0.0342. The molecule has 20 atom stereocenters. The lowest BCUT2D eigenvalue weighted by Gasteiger charge is -2.71. The molecule has 5 aliphatic carbocycles. The van der Waals surface area contributed by atoms with Crippen LogP contribution >= 0.6 is 0 Å². The molecular formula is C42H68O15. The lowest BCUT2D eigenvalue weighted by molar-refractivity contribution is -0.375. The molecule has 0 aromatic rings. The van der Waals surface area contributed by atoms with Gasteiger partial charge in [0.05, 0.1) is 37.4 Å². The summed E-state index contributed by atoms with van der Waals surface area (Å²) in [6.45, 7) is 11.5. The second-order valence-corrected chi connectivity index (χ2v) is 20.7. The van der Waals surface area contributed by atoms with E-state index in [0.717, 1.165) is 32.1 Å². The van der Waals surface area contributed by atoms with Gasteiger partial charge in [-0.3, -0.25) is 4.79 Å². The lowest BCUT2D eigenvalue weighted by atomic mass is 9.33. The Morgan fingerprint density at radius 1 is 0.737 bits per heavy atom. The van der Waals surface area contributed by atoms with Crippen molar-refractivity contribution in [3.05, 3.63) is 11.6 Å². The van der Waals surface area contributed by atoms with Crippen LogP contribution in [0, 0.1) is 50.2 Å². The Balaban J connectivity index is 1.16. The van der Waals surface area contributed by atoms with Crippen molar-refractivity contribution in [3.8, 4) is 0 Å². The number of aliphatic carboxylic acids is 1. The predicted octanol–water partition coefficient (Wildman–Crippen LogP) is 0.825. The van der Waals surface area contributed by atoms with Gasteiger partial charge < -0.3 is 70.0 Å². The summed E-state index contributed by atoms with van der Waals surface area (Å²) < 4.78 is 23.6. The van der Waals surface area contributed by atoms with Crippen LogP contribution in [0.15, 0.2) is 11.6 Å². The molecule has 0 amide bonds. The SMILES string of the molecule is CC1(C)CC[C@]2(C(=O)O)CC[C@]3(C)C(=CC[C@@H]4[C@@]5(C)C[C@H](O)[C@H](O[C@@H]6O[C@H](CO)[C@H](O)[C@H](O[C@@H]7O[C@H](CO)[C@@H](O)[C@H](O)[C@H]7O)[C@H]6O)[C@@](C)(CO)[C@@H]5CC[C@]43C)[C@@H]2C1. The topological polar surface area (TPSA) is 256 Å². The number of carboxylic acid groups (broad SMARTS) is 1. The molecule has 7 rings (SSSR count). The van der Waals surface area contributed by atoms with Crippen LogP contribution in [0.3, 0.4) is 0 Å². The first-order chi connectivity index (χ1) is 26.6. The molecule has 0 aromatic heterocycles. The summed E-state index contributed by atoms with van der Waals surface area (Å²) >= 11 is 0. The maximum atomic E-state index is 13.1. The van der Waals surface area contributed by atoms with Crippen LogP contribution in [-0.4, -0.2) is 150 Å². The van der Waals surface area contributed by atoms with E-state index in [2.05, 4.69) is 40.7 Å². The molecule has 326 valence electrons. The van der Waals surface area contributed by atoms with Gasteiger partial charge in [0.1, 0.15) is 48.8 Å². The van der Waals surface area contributed by atoms with Crippen LogP contribution in [0.25, 0.3) is 0 Å². The van der Waals surface area contributed by atoms with E-state index in [-0.39, 0.29) is 40.6 Å². The Morgan fingerprint density at radius 3 is 1.96 bits per heavy atom. The van der Waals surface area contributed by atoms with Crippen LogP contribution in [0.5, 0.6) is 0 Å². The van der Waals surface area contributed by atoms with E-state index in [0.29, 0.717) is 25.7 Å². The van der Waals surface area contributed by atoms with E-state index in [1.807, 2.05) is 6.92 Å². The average molecular weight is 813 g/mol. The predicted molar refractivity (Wildman–Crippen MR) is 201 cm³/mol. The zero-order chi connectivity index (χ0) is 41.8. The molecule has 6 fully saturated rings. The molecule has 15 heteroatoms. The summed E-state index contributed by atoms with van der Waals surface area (Å²) in [5.74, 6) is -0.797. The fourth-order valence-electron chi connectivity index (χ4n) is 13.8. The van der Waals surface area contributed by atoms with Crippen LogP contribution in [0.4, 0.5) is 0 Å². The van der Waals surface area contributed by atoms with Crippen LogP contribution in [-0.2, 0) is 23.7 Å². The second kappa shape index (κ2) is 14.9. The normalized spacial score (nSPS) is 54.7. The van der Waals surface area contributed by atoms with Gasteiger partial charge in [-0.25, -0.2) is 0 Å². The molecule has 4 saturated carbocycles. The van der Waals surface area contributed by atoms with Gasteiger partial charge in [0, 0.05) is 5.41 Å². The highest BCUT2D eigenvalue weighted by atomic mass is 16.7. The van der Waals surface area contributed by atoms with Gasteiger partial charge in [-0.1, -0.05) is 53.2 Å². The molecule has 10 N–H and O–H groups in total. The monoisotopic (exact) mass is 812 g/mol. The maximum Gasteiger partial charge on any atom is 0.310 e. The van der Waals surface area contributed by atoms with Crippen LogP contribution < -0.4 is 0 Å². The number of ether oxygens (including phenoxy) is 4. The number of carboxylic acids is 1. The third-order valence-corrected chi connectivity index (χ3v) is 17.4. The third kappa shape index (κ3) is 6.43. The summed E-state index contributed by atoms with van der Waals surface area (Å²) in [5, 5.41) is 108. The average Bonchev–Trinajstić information content (AvgIpc) is 3.15. The van der Waals surface area contributed by atoms with E-state index in [1.165, 1.54) is 5.57 Å². The van der Waals surface area contributed by atoms with E-state index < -0.39 is 109 Å². The second-order valence-electron chi connectivity index (χ2n) is 20.7. The van der Waals surface area contributed by atoms with E-state index in [1.54, 1.807) is 0 Å². The molecule has 57 heavy (non-hydrogen) atoms. The molecule has 0 aromatic carbocycles. The fraction of sp³-hybridized carbons (Fsp3) is 0.929. The first-order valence-electron chi connectivity index (χ1n) is 21.1. The number of allylic oxidation sites excluding steroid dienone is 2. The zero-order valence-corrected chi connectivity index (χ0v) is 34.2. The number of aliphatic hydroxyl groups is 9. The summed E-state index contributed by atoms with van der Waals surface area (Å²) in [7, 11) is 0. The van der Waals surface area contributed by atoms with Gasteiger partial charge in [0.2, 0.25) is 0 Å². The minimum atomic E-state index is -1.83. The van der Waals surface area contributed by atoms with Gasteiger partial charge in [-0.05, 0) is 97.2 Å². The number of fused-ring (bicyclic) bond motifs is 7. The van der Waals surface area contributed by atoms with Gasteiger partial charge in [0.15, 0.2) is 12.6 Å².